The van der Waals surface area contributed by atoms with Crippen molar-refractivity contribution in [3.05, 3.63) is 39.7 Å². The number of carbonyl (C=O) groups excluding carboxylic acids is 2. The molecule has 3 heterocycles. The fourth-order valence-corrected chi connectivity index (χ4v) is 4.85. The van der Waals surface area contributed by atoms with E-state index in [9.17, 15) is 9.59 Å². The van der Waals surface area contributed by atoms with Crippen LogP contribution >= 0.6 is 35.3 Å². The summed E-state index contributed by atoms with van der Waals surface area (Å²) in [5.41, 5.74) is 1.71. The van der Waals surface area contributed by atoms with Gasteiger partial charge in [-0.3, -0.25) is 14.5 Å². The van der Waals surface area contributed by atoms with Gasteiger partial charge in [-0.05, 0) is 37.1 Å². The van der Waals surface area contributed by atoms with Crippen LogP contribution < -0.4 is 14.8 Å². The molecule has 4 rings (SSSR count). The van der Waals surface area contributed by atoms with Crippen molar-refractivity contribution in [1.82, 2.24) is 9.88 Å². The van der Waals surface area contributed by atoms with Crippen LogP contribution in [-0.2, 0) is 9.59 Å². The lowest BCUT2D eigenvalue weighted by molar-refractivity contribution is -0.122. The monoisotopic (exact) mass is 447 g/mol. The van der Waals surface area contributed by atoms with E-state index in [1.807, 2.05) is 30.5 Å². The number of fused-ring (bicyclic) bond motifs is 1. The fourth-order valence-electron chi connectivity index (χ4n) is 2.84. The molecule has 1 saturated heterocycles. The van der Waals surface area contributed by atoms with Crippen molar-refractivity contribution in [3.8, 4) is 11.5 Å². The van der Waals surface area contributed by atoms with Crippen LogP contribution in [0.5, 0.6) is 11.5 Å². The van der Waals surface area contributed by atoms with Gasteiger partial charge in [0.05, 0.1) is 10.6 Å². The zero-order valence-electron chi connectivity index (χ0n) is 15.5. The molecule has 7 nitrogen and oxygen atoms in total. The molecule has 1 aromatic heterocycles. The van der Waals surface area contributed by atoms with E-state index in [-0.39, 0.29) is 25.0 Å². The van der Waals surface area contributed by atoms with Gasteiger partial charge in [0.15, 0.2) is 16.6 Å². The van der Waals surface area contributed by atoms with Crippen LogP contribution in [0.25, 0.3) is 6.08 Å². The Balaban J connectivity index is 1.33. The lowest BCUT2D eigenvalue weighted by Gasteiger charge is -2.13. The Labute approximate surface area is 181 Å². The highest BCUT2D eigenvalue weighted by atomic mass is 32.2. The minimum Gasteiger partial charge on any atom is -0.454 e. The molecule has 1 aromatic carbocycles. The summed E-state index contributed by atoms with van der Waals surface area (Å²) >= 11 is 8.00. The predicted octanol–water partition coefficient (Wildman–Crippen LogP) is 3.80. The Hall–Kier alpha value is -2.43. The van der Waals surface area contributed by atoms with Gasteiger partial charge in [-0.15, -0.1) is 11.3 Å². The minimum absolute atomic E-state index is 0.124. The van der Waals surface area contributed by atoms with Crippen molar-refractivity contribution < 1.29 is 19.1 Å². The van der Waals surface area contributed by atoms with Crippen LogP contribution in [0.3, 0.4) is 0 Å². The second kappa shape index (κ2) is 8.52. The highest BCUT2D eigenvalue weighted by Crippen LogP contribution is 2.36. The molecule has 0 atom stereocenters. The Bertz CT molecular complexity index is 1020. The molecule has 1 fully saturated rings. The summed E-state index contributed by atoms with van der Waals surface area (Å²) < 4.78 is 11.2. The van der Waals surface area contributed by atoms with E-state index in [0.29, 0.717) is 38.8 Å². The summed E-state index contributed by atoms with van der Waals surface area (Å²) in [5, 5.41) is 5.23. The number of aromatic nitrogens is 1. The molecule has 0 unspecified atom stereocenters. The van der Waals surface area contributed by atoms with Crippen molar-refractivity contribution in [2.75, 3.05) is 18.7 Å². The number of nitrogens with one attached hydrogen (secondary N) is 1. The van der Waals surface area contributed by atoms with Crippen LogP contribution in [0.4, 0.5) is 5.13 Å². The Morgan fingerprint density at radius 3 is 3.00 bits per heavy atom. The lowest BCUT2D eigenvalue weighted by Crippen LogP contribution is -2.29. The minimum atomic E-state index is -0.145. The van der Waals surface area contributed by atoms with Crippen LogP contribution in [-0.4, -0.2) is 39.4 Å². The van der Waals surface area contributed by atoms with Crippen molar-refractivity contribution in [2.24, 2.45) is 0 Å². The van der Waals surface area contributed by atoms with Gasteiger partial charge in [0.25, 0.3) is 5.91 Å². The summed E-state index contributed by atoms with van der Waals surface area (Å²) in [6, 6.07) is 5.52. The van der Waals surface area contributed by atoms with E-state index in [1.54, 1.807) is 11.0 Å². The first-order chi connectivity index (χ1) is 14.0. The molecule has 0 aliphatic carbocycles. The van der Waals surface area contributed by atoms with E-state index in [2.05, 4.69) is 10.3 Å². The number of rotatable bonds is 6. The van der Waals surface area contributed by atoms with E-state index in [4.69, 9.17) is 21.7 Å². The quantitative estimate of drug-likeness (QED) is 0.533. The maximum Gasteiger partial charge on any atom is 0.266 e. The number of carbonyl (C=O) groups is 2. The first kappa shape index (κ1) is 19.9. The van der Waals surface area contributed by atoms with Gasteiger partial charge in [-0.1, -0.05) is 30.0 Å². The average molecular weight is 448 g/mol. The molecular weight excluding hydrogens is 430 g/mol. The molecule has 150 valence electrons. The molecular formula is C19H17N3O4S3. The second-order valence-corrected chi connectivity index (χ2v) is 8.93. The van der Waals surface area contributed by atoms with Crippen molar-refractivity contribution in [1.29, 1.82) is 0 Å². The third-order valence-electron chi connectivity index (χ3n) is 4.22. The Morgan fingerprint density at radius 2 is 2.21 bits per heavy atom. The third kappa shape index (κ3) is 4.60. The van der Waals surface area contributed by atoms with Gasteiger partial charge in [-0.2, -0.15) is 0 Å². The number of thiazole rings is 1. The number of aryl methyl sites for hydroxylation is 1. The molecule has 10 heteroatoms. The molecule has 2 aliphatic heterocycles. The van der Waals surface area contributed by atoms with Gasteiger partial charge < -0.3 is 14.8 Å². The van der Waals surface area contributed by atoms with Gasteiger partial charge in [0, 0.05) is 18.3 Å². The average Bonchev–Trinajstić information content (AvgIpc) is 3.37. The predicted molar refractivity (Wildman–Crippen MR) is 117 cm³/mol. The fraction of sp³-hybridized carbons (Fsp3) is 0.263. The normalized spacial score (nSPS) is 16.7. The molecule has 1 N–H and O–H groups in total. The topological polar surface area (TPSA) is 80.8 Å². The standard InChI is InChI=1S/C19H17N3O4S3/c1-11-9-28-18(20-11)21-16(23)3-2-6-22-17(24)15(29-19(22)27)8-12-4-5-13-14(7-12)26-10-25-13/h4-5,7-9H,2-3,6,10H2,1H3,(H,20,21,23). The first-order valence-corrected chi connectivity index (χ1v) is 11.0. The molecule has 0 radical (unpaired) electrons. The molecule has 2 amide bonds. The van der Waals surface area contributed by atoms with Crippen LogP contribution in [0.1, 0.15) is 24.1 Å². The van der Waals surface area contributed by atoms with Crippen LogP contribution in [0, 0.1) is 6.92 Å². The van der Waals surface area contributed by atoms with Gasteiger partial charge in [-0.25, -0.2) is 4.98 Å². The van der Waals surface area contributed by atoms with Gasteiger partial charge >= 0.3 is 0 Å². The summed E-state index contributed by atoms with van der Waals surface area (Å²) in [4.78, 5) is 31.0. The number of ether oxygens (including phenoxy) is 2. The second-order valence-electron chi connectivity index (χ2n) is 6.39. The van der Waals surface area contributed by atoms with E-state index in [0.717, 1.165) is 11.3 Å². The molecule has 29 heavy (non-hydrogen) atoms. The van der Waals surface area contributed by atoms with Crippen molar-refractivity contribution in [3.63, 3.8) is 0 Å². The summed E-state index contributed by atoms with van der Waals surface area (Å²) in [6.45, 7) is 2.47. The lowest BCUT2D eigenvalue weighted by atomic mass is 10.2. The summed E-state index contributed by atoms with van der Waals surface area (Å²) in [5.74, 6) is 1.09. The van der Waals surface area contributed by atoms with Crippen molar-refractivity contribution >= 4 is 62.7 Å². The van der Waals surface area contributed by atoms with Crippen LogP contribution in [0.15, 0.2) is 28.5 Å². The Morgan fingerprint density at radius 1 is 1.38 bits per heavy atom. The first-order valence-electron chi connectivity index (χ1n) is 8.86. The number of nitrogens with zero attached hydrogens (tertiary/aromatic N) is 2. The molecule has 2 aromatic rings. The van der Waals surface area contributed by atoms with E-state index >= 15 is 0 Å². The van der Waals surface area contributed by atoms with Crippen LogP contribution in [0.2, 0.25) is 0 Å². The van der Waals surface area contributed by atoms with Gasteiger partial charge in [0.1, 0.15) is 4.32 Å². The number of anilines is 1. The third-order valence-corrected chi connectivity index (χ3v) is 6.47. The van der Waals surface area contributed by atoms with E-state index in [1.165, 1.54) is 23.1 Å². The summed E-state index contributed by atoms with van der Waals surface area (Å²) in [6.07, 6.45) is 2.59. The summed E-state index contributed by atoms with van der Waals surface area (Å²) in [7, 11) is 0. The zero-order chi connectivity index (χ0) is 20.4. The SMILES string of the molecule is Cc1csc(NC(=O)CCCN2C(=O)C(=Cc3ccc4c(c3)OCO4)SC2=S)n1. The largest absolute Gasteiger partial charge is 0.454 e. The number of thioether (sulfide) groups is 1. The smallest absolute Gasteiger partial charge is 0.266 e. The molecule has 0 bridgehead atoms. The Kier molecular flexibility index (Phi) is 5.84. The highest BCUT2D eigenvalue weighted by Gasteiger charge is 2.31. The number of hydrogen-bond acceptors (Lipinski definition) is 8. The molecule has 0 saturated carbocycles. The van der Waals surface area contributed by atoms with E-state index < -0.39 is 0 Å². The maximum atomic E-state index is 12.7. The maximum absolute atomic E-state index is 12.7. The number of hydrogen-bond donors (Lipinski definition) is 1. The number of benzene rings is 1. The number of amides is 2. The van der Waals surface area contributed by atoms with Crippen molar-refractivity contribution in [2.45, 2.75) is 19.8 Å². The zero-order valence-corrected chi connectivity index (χ0v) is 17.9. The van der Waals surface area contributed by atoms with Gasteiger partial charge in [0.2, 0.25) is 12.7 Å². The molecule has 2 aliphatic rings. The molecule has 0 spiro atoms. The highest BCUT2D eigenvalue weighted by molar-refractivity contribution is 8.26. The number of thiocarbonyl (C=S) groups is 1.